The Bertz CT molecular complexity index is 325. The Balaban J connectivity index is 3.00. The highest BCUT2D eigenvalue weighted by molar-refractivity contribution is 5.22. The number of nitrogens with two attached hydrogens (primary N) is 1. The third-order valence-electron chi connectivity index (χ3n) is 2.13. The molecule has 1 rings (SSSR count). The van der Waals surface area contributed by atoms with Gasteiger partial charge in [0.1, 0.15) is 5.82 Å². The normalized spacial score (nSPS) is 12.9. The average Bonchev–Trinajstić information content (AvgIpc) is 2.18. The van der Waals surface area contributed by atoms with Gasteiger partial charge in [0.25, 0.3) is 0 Å². The van der Waals surface area contributed by atoms with Gasteiger partial charge in [-0.05, 0) is 25.0 Å². The van der Waals surface area contributed by atoms with Crippen LogP contribution in [0.5, 0.6) is 0 Å². The van der Waals surface area contributed by atoms with E-state index in [1.54, 1.807) is 6.92 Å². The Morgan fingerprint density at radius 2 is 1.79 bits per heavy atom. The fourth-order valence-corrected chi connectivity index (χ4v) is 1.16. The van der Waals surface area contributed by atoms with Crippen molar-refractivity contribution >= 4 is 0 Å². The fourth-order valence-electron chi connectivity index (χ4n) is 1.16. The Hall–Kier alpha value is -1.03. The van der Waals surface area contributed by atoms with Crippen molar-refractivity contribution in [3.63, 3.8) is 0 Å². The monoisotopic (exact) mass is 203 g/mol. The molecule has 0 amide bonds. The number of hydrogen-bond acceptors (Lipinski definition) is 1. The Morgan fingerprint density at radius 3 is 2.36 bits per heavy atom. The van der Waals surface area contributed by atoms with Crippen LogP contribution in [0.25, 0.3) is 0 Å². The van der Waals surface area contributed by atoms with Crippen LogP contribution in [-0.2, 0) is 6.42 Å². The molecule has 0 aromatic heterocycles. The van der Waals surface area contributed by atoms with Gasteiger partial charge in [0.15, 0.2) is 11.6 Å². The minimum absolute atomic E-state index is 0.0198. The van der Waals surface area contributed by atoms with E-state index in [2.05, 4.69) is 0 Å². The third kappa shape index (κ3) is 2.26. The van der Waals surface area contributed by atoms with Crippen molar-refractivity contribution in [3.8, 4) is 0 Å². The van der Waals surface area contributed by atoms with Gasteiger partial charge in [-0.15, -0.1) is 0 Å². The molecule has 1 aromatic carbocycles. The number of halogens is 3. The highest BCUT2D eigenvalue weighted by Gasteiger charge is 2.15. The van der Waals surface area contributed by atoms with E-state index in [1.807, 2.05) is 0 Å². The summed E-state index contributed by atoms with van der Waals surface area (Å²) in [6.45, 7) is 1.81. The summed E-state index contributed by atoms with van der Waals surface area (Å²) < 4.78 is 38.9. The largest absolute Gasteiger partial charge is 0.327 e. The first kappa shape index (κ1) is 11.0. The van der Waals surface area contributed by atoms with Crippen molar-refractivity contribution in [3.05, 3.63) is 35.1 Å². The van der Waals surface area contributed by atoms with Gasteiger partial charge < -0.3 is 5.73 Å². The van der Waals surface area contributed by atoms with Crippen LogP contribution < -0.4 is 5.73 Å². The molecule has 2 N–H and O–H groups in total. The van der Waals surface area contributed by atoms with Gasteiger partial charge in [-0.3, -0.25) is 0 Å². The van der Waals surface area contributed by atoms with Crippen molar-refractivity contribution in [1.82, 2.24) is 0 Å². The molecule has 0 aliphatic carbocycles. The zero-order valence-corrected chi connectivity index (χ0v) is 7.86. The van der Waals surface area contributed by atoms with Gasteiger partial charge in [0.05, 0.1) is 0 Å². The summed E-state index contributed by atoms with van der Waals surface area (Å²) in [5.74, 6) is -2.91. The van der Waals surface area contributed by atoms with Crippen LogP contribution in [0, 0.1) is 17.5 Å². The van der Waals surface area contributed by atoms with Crippen molar-refractivity contribution in [2.45, 2.75) is 25.8 Å². The van der Waals surface area contributed by atoms with E-state index in [1.165, 1.54) is 0 Å². The minimum Gasteiger partial charge on any atom is -0.327 e. The lowest BCUT2D eigenvalue weighted by molar-refractivity contribution is 0.470. The molecule has 0 spiro atoms. The van der Waals surface area contributed by atoms with Gasteiger partial charge in [0.2, 0.25) is 0 Å². The Morgan fingerprint density at radius 1 is 1.21 bits per heavy atom. The van der Waals surface area contributed by atoms with Crippen LogP contribution in [0.3, 0.4) is 0 Å². The number of benzene rings is 1. The highest BCUT2D eigenvalue weighted by Crippen LogP contribution is 2.17. The molecule has 1 atom stereocenters. The molecule has 1 aromatic rings. The van der Waals surface area contributed by atoms with E-state index in [9.17, 15) is 13.2 Å². The summed E-state index contributed by atoms with van der Waals surface area (Å²) in [4.78, 5) is 0. The molecule has 0 aliphatic rings. The molecule has 0 saturated carbocycles. The predicted molar refractivity (Wildman–Crippen MR) is 48.3 cm³/mol. The van der Waals surface area contributed by atoms with Crippen LogP contribution in [-0.4, -0.2) is 6.04 Å². The lowest BCUT2D eigenvalue weighted by Gasteiger charge is -2.10. The van der Waals surface area contributed by atoms with Crippen molar-refractivity contribution in [2.75, 3.05) is 0 Å². The quantitative estimate of drug-likeness (QED) is 0.750. The van der Waals surface area contributed by atoms with Crippen molar-refractivity contribution < 1.29 is 13.2 Å². The van der Waals surface area contributed by atoms with Gasteiger partial charge in [-0.25, -0.2) is 13.2 Å². The van der Waals surface area contributed by atoms with Crippen molar-refractivity contribution in [2.24, 2.45) is 5.73 Å². The summed E-state index contributed by atoms with van der Waals surface area (Å²) in [6.07, 6.45) is 0.612. The number of rotatable bonds is 3. The van der Waals surface area contributed by atoms with E-state index >= 15 is 0 Å². The van der Waals surface area contributed by atoms with Gasteiger partial charge >= 0.3 is 0 Å². The molecule has 1 unspecified atom stereocenters. The molecular weight excluding hydrogens is 191 g/mol. The zero-order valence-electron chi connectivity index (χ0n) is 7.86. The molecule has 0 saturated heterocycles. The minimum atomic E-state index is -1.13. The topological polar surface area (TPSA) is 26.0 Å². The van der Waals surface area contributed by atoms with Crippen molar-refractivity contribution in [1.29, 1.82) is 0 Å². The summed E-state index contributed by atoms with van der Waals surface area (Å²) in [5.41, 5.74) is 5.27. The molecule has 0 fully saturated rings. The van der Waals surface area contributed by atoms with Crippen LogP contribution in [0.1, 0.15) is 18.9 Å². The molecule has 4 heteroatoms. The van der Waals surface area contributed by atoms with E-state index in [-0.39, 0.29) is 18.0 Å². The lowest BCUT2D eigenvalue weighted by atomic mass is 10.0. The predicted octanol–water partition coefficient (Wildman–Crippen LogP) is 2.38. The summed E-state index contributed by atoms with van der Waals surface area (Å²) in [7, 11) is 0. The molecule has 1 nitrogen and oxygen atoms in total. The fraction of sp³-hybridized carbons (Fsp3) is 0.400. The highest BCUT2D eigenvalue weighted by atomic mass is 19.2. The smallest absolute Gasteiger partial charge is 0.164 e. The summed E-state index contributed by atoms with van der Waals surface area (Å²) in [6, 6.07) is 1.34. The molecule has 0 radical (unpaired) electrons. The molecule has 14 heavy (non-hydrogen) atoms. The van der Waals surface area contributed by atoms with E-state index < -0.39 is 17.5 Å². The van der Waals surface area contributed by atoms with Gasteiger partial charge in [0, 0.05) is 11.6 Å². The second-order valence-electron chi connectivity index (χ2n) is 3.19. The Kier molecular flexibility index (Phi) is 3.52. The van der Waals surface area contributed by atoms with Crippen LogP contribution >= 0.6 is 0 Å². The summed E-state index contributed by atoms with van der Waals surface area (Å²) >= 11 is 0. The third-order valence-corrected chi connectivity index (χ3v) is 2.13. The standard InChI is InChI=1S/C10H12F3N/c1-2-6(14)5-7-8(11)3-4-9(12)10(7)13/h3-4,6H,2,5,14H2,1H3. The zero-order chi connectivity index (χ0) is 10.7. The second kappa shape index (κ2) is 4.46. The van der Waals surface area contributed by atoms with E-state index in [4.69, 9.17) is 5.73 Å². The van der Waals surface area contributed by atoms with Crippen LogP contribution in [0.2, 0.25) is 0 Å². The molecule has 0 bridgehead atoms. The Labute approximate surface area is 80.7 Å². The van der Waals surface area contributed by atoms with Gasteiger partial charge in [-0.2, -0.15) is 0 Å². The van der Waals surface area contributed by atoms with Crippen LogP contribution in [0.15, 0.2) is 12.1 Å². The van der Waals surface area contributed by atoms with Crippen LogP contribution in [0.4, 0.5) is 13.2 Å². The molecule has 0 aliphatic heterocycles. The first-order valence-electron chi connectivity index (χ1n) is 4.44. The second-order valence-corrected chi connectivity index (χ2v) is 3.19. The first-order chi connectivity index (χ1) is 6.56. The molecular formula is C10H12F3N. The lowest BCUT2D eigenvalue weighted by Crippen LogP contribution is -2.23. The summed E-state index contributed by atoms with van der Waals surface area (Å²) in [5, 5.41) is 0. The maximum atomic E-state index is 13.1. The van der Waals surface area contributed by atoms with E-state index in [0.29, 0.717) is 6.42 Å². The maximum Gasteiger partial charge on any atom is 0.164 e. The van der Waals surface area contributed by atoms with E-state index in [0.717, 1.165) is 12.1 Å². The number of hydrogen-bond donors (Lipinski definition) is 1. The average molecular weight is 203 g/mol. The first-order valence-corrected chi connectivity index (χ1v) is 4.44. The maximum absolute atomic E-state index is 13.1. The van der Waals surface area contributed by atoms with Gasteiger partial charge in [-0.1, -0.05) is 6.92 Å². The molecule has 0 heterocycles. The molecule has 78 valence electrons. The SMILES string of the molecule is CCC(N)Cc1c(F)ccc(F)c1F.